The van der Waals surface area contributed by atoms with E-state index in [0.717, 1.165) is 17.7 Å². The molecule has 1 heterocycles. The number of pyridine rings is 1. The molecule has 0 bridgehead atoms. The zero-order chi connectivity index (χ0) is 14.5. The molecule has 1 unspecified atom stereocenters. The minimum atomic E-state index is -0.235. The average molecular weight is 269 g/mol. The van der Waals surface area contributed by atoms with Crippen molar-refractivity contribution in [3.05, 3.63) is 59.0 Å². The highest BCUT2D eigenvalue weighted by Crippen LogP contribution is 2.15. The fraction of sp³-hybridized carbons (Fsp3) is 0.250. The number of hydrogen-bond acceptors (Lipinski definition) is 3. The van der Waals surface area contributed by atoms with Gasteiger partial charge in [0.05, 0.1) is 5.56 Å². The van der Waals surface area contributed by atoms with Crippen LogP contribution >= 0.6 is 0 Å². The van der Waals surface area contributed by atoms with E-state index in [9.17, 15) is 4.39 Å². The van der Waals surface area contributed by atoms with Gasteiger partial charge in [0.15, 0.2) is 0 Å². The van der Waals surface area contributed by atoms with Crippen molar-refractivity contribution >= 4 is 5.82 Å². The van der Waals surface area contributed by atoms with Crippen molar-refractivity contribution in [1.82, 2.24) is 4.98 Å². The smallest absolute Gasteiger partial charge is 0.144 e. The molecule has 0 saturated carbocycles. The van der Waals surface area contributed by atoms with Crippen molar-refractivity contribution < 1.29 is 4.39 Å². The Morgan fingerprint density at radius 3 is 2.60 bits per heavy atom. The number of aryl methyl sites for hydroxylation is 1. The van der Waals surface area contributed by atoms with E-state index < -0.39 is 0 Å². The molecule has 3 nitrogen and oxygen atoms in total. The van der Waals surface area contributed by atoms with Crippen LogP contribution in [-0.2, 0) is 6.42 Å². The molecule has 4 heteroatoms. The molecule has 2 aromatic rings. The number of aromatic nitrogens is 1. The molecular weight excluding hydrogens is 253 g/mol. The van der Waals surface area contributed by atoms with Gasteiger partial charge in [-0.3, -0.25) is 0 Å². The molecule has 1 aromatic carbocycles. The second kappa shape index (κ2) is 6.16. The highest BCUT2D eigenvalue weighted by molar-refractivity contribution is 5.52. The Labute approximate surface area is 118 Å². The number of halogens is 1. The van der Waals surface area contributed by atoms with Crippen LogP contribution < -0.4 is 5.32 Å². The van der Waals surface area contributed by atoms with Gasteiger partial charge in [-0.1, -0.05) is 12.1 Å². The molecular formula is C16H16FN3. The molecule has 1 N–H and O–H groups in total. The number of rotatable bonds is 4. The SMILES string of the molecule is Cc1ccc(C#N)c(NC(C)Cc2ccc(F)cc2)n1. The zero-order valence-corrected chi connectivity index (χ0v) is 11.5. The average Bonchev–Trinajstić information content (AvgIpc) is 2.41. The summed E-state index contributed by atoms with van der Waals surface area (Å²) in [5.41, 5.74) is 2.43. The van der Waals surface area contributed by atoms with Crippen LogP contribution in [0.25, 0.3) is 0 Å². The Morgan fingerprint density at radius 2 is 1.95 bits per heavy atom. The van der Waals surface area contributed by atoms with Gasteiger partial charge >= 0.3 is 0 Å². The first-order chi connectivity index (χ1) is 9.58. The molecule has 1 aromatic heterocycles. The third kappa shape index (κ3) is 3.55. The molecule has 0 aliphatic rings. The number of nitriles is 1. The van der Waals surface area contributed by atoms with E-state index in [1.807, 2.05) is 19.9 Å². The van der Waals surface area contributed by atoms with E-state index in [2.05, 4.69) is 16.4 Å². The minimum Gasteiger partial charge on any atom is -0.366 e. The summed E-state index contributed by atoms with van der Waals surface area (Å²) in [6, 6.07) is 12.2. The summed E-state index contributed by atoms with van der Waals surface area (Å²) in [5, 5.41) is 12.3. The van der Waals surface area contributed by atoms with Crippen LogP contribution in [0.2, 0.25) is 0 Å². The lowest BCUT2D eigenvalue weighted by Gasteiger charge is -2.16. The van der Waals surface area contributed by atoms with Gasteiger partial charge in [-0.2, -0.15) is 5.26 Å². The third-order valence-corrected chi connectivity index (χ3v) is 2.99. The summed E-state index contributed by atoms with van der Waals surface area (Å²) in [6.07, 6.45) is 0.737. The van der Waals surface area contributed by atoms with Gasteiger partial charge in [-0.05, 0) is 50.1 Å². The number of hydrogen-bond donors (Lipinski definition) is 1. The van der Waals surface area contributed by atoms with Gasteiger partial charge in [0.25, 0.3) is 0 Å². The van der Waals surface area contributed by atoms with Gasteiger partial charge in [0.2, 0.25) is 0 Å². The summed E-state index contributed by atoms with van der Waals surface area (Å²) in [6.45, 7) is 3.89. The van der Waals surface area contributed by atoms with Crippen molar-refractivity contribution in [3.63, 3.8) is 0 Å². The lowest BCUT2D eigenvalue weighted by Crippen LogP contribution is -2.19. The second-order valence-electron chi connectivity index (χ2n) is 4.84. The van der Waals surface area contributed by atoms with Crippen LogP contribution in [0, 0.1) is 24.1 Å². The monoisotopic (exact) mass is 269 g/mol. The lowest BCUT2D eigenvalue weighted by molar-refractivity contribution is 0.626. The van der Waals surface area contributed by atoms with Crippen LogP contribution in [0.5, 0.6) is 0 Å². The normalized spacial score (nSPS) is 11.7. The molecule has 0 aliphatic heterocycles. The maximum absolute atomic E-state index is 12.9. The topological polar surface area (TPSA) is 48.7 Å². The van der Waals surface area contributed by atoms with Crippen molar-refractivity contribution in [1.29, 1.82) is 5.26 Å². The molecule has 0 radical (unpaired) electrons. The molecule has 1 atom stereocenters. The Balaban J connectivity index is 2.08. The first kappa shape index (κ1) is 14.0. The summed E-state index contributed by atoms with van der Waals surface area (Å²) < 4.78 is 12.9. The van der Waals surface area contributed by atoms with E-state index in [1.165, 1.54) is 12.1 Å². The molecule has 2 rings (SSSR count). The Hall–Kier alpha value is -2.41. The Kier molecular flexibility index (Phi) is 4.31. The van der Waals surface area contributed by atoms with E-state index in [0.29, 0.717) is 11.4 Å². The standard InChI is InChI=1S/C16H16FN3/c1-11-3-6-14(10-18)16(19-11)20-12(2)9-13-4-7-15(17)8-5-13/h3-8,12H,9H2,1-2H3,(H,19,20). The molecule has 0 fully saturated rings. The summed E-state index contributed by atoms with van der Waals surface area (Å²) in [7, 11) is 0. The van der Waals surface area contributed by atoms with Gasteiger partial charge in [-0.15, -0.1) is 0 Å². The molecule has 0 aliphatic carbocycles. The first-order valence-corrected chi connectivity index (χ1v) is 6.47. The summed E-state index contributed by atoms with van der Waals surface area (Å²) in [4.78, 5) is 4.35. The maximum Gasteiger partial charge on any atom is 0.144 e. The molecule has 0 amide bonds. The predicted octanol–water partition coefficient (Wildman–Crippen LogP) is 3.44. The Bertz CT molecular complexity index is 629. The van der Waals surface area contributed by atoms with Crippen LogP contribution in [-0.4, -0.2) is 11.0 Å². The molecule has 20 heavy (non-hydrogen) atoms. The lowest BCUT2D eigenvalue weighted by atomic mass is 10.1. The van der Waals surface area contributed by atoms with Crippen LogP contribution in [0.1, 0.15) is 23.7 Å². The molecule has 102 valence electrons. The Morgan fingerprint density at radius 1 is 1.25 bits per heavy atom. The second-order valence-corrected chi connectivity index (χ2v) is 4.84. The maximum atomic E-state index is 12.9. The van der Waals surface area contributed by atoms with E-state index in [1.54, 1.807) is 18.2 Å². The summed E-state index contributed by atoms with van der Waals surface area (Å²) in [5.74, 6) is 0.364. The van der Waals surface area contributed by atoms with Crippen LogP contribution in [0.3, 0.4) is 0 Å². The van der Waals surface area contributed by atoms with Gasteiger partial charge in [0.1, 0.15) is 17.7 Å². The molecule has 0 saturated heterocycles. The van der Waals surface area contributed by atoms with Crippen molar-refractivity contribution in [2.75, 3.05) is 5.32 Å². The van der Waals surface area contributed by atoms with E-state index in [-0.39, 0.29) is 11.9 Å². The third-order valence-electron chi connectivity index (χ3n) is 2.99. The van der Waals surface area contributed by atoms with Crippen LogP contribution in [0.15, 0.2) is 36.4 Å². The number of anilines is 1. The zero-order valence-electron chi connectivity index (χ0n) is 11.5. The number of nitrogens with zero attached hydrogens (tertiary/aromatic N) is 2. The van der Waals surface area contributed by atoms with Crippen molar-refractivity contribution in [2.45, 2.75) is 26.3 Å². The van der Waals surface area contributed by atoms with Crippen LogP contribution in [0.4, 0.5) is 10.2 Å². The van der Waals surface area contributed by atoms with Crippen molar-refractivity contribution in [3.8, 4) is 6.07 Å². The highest BCUT2D eigenvalue weighted by atomic mass is 19.1. The fourth-order valence-corrected chi connectivity index (χ4v) is 2.02. The molecule has 0 spiro atoms. The van der Waals surface area contributed by atoms with Gasteiger partial charge < -0.3 is 5.32 Å². The van der Waals surface area contributed by atoms with E-state index in [4.69, 9.17) is 5.26 Å². The largest absolute Gasteiger partial charge is 0.366 e. The van der Waals surface area contributed by atoms with Gasteiger partial charge in [-0.25, -0.2) is 9.37 Å². The van der Waals surface area contributed by atoms with Gasteiger partial charge in [0, 0.05) is 11.7 Å². The van der Waals surface area contributed by atoms with Crippen molar-refractivity contribution in [2.24, 2.45) is 0 Å². The first-order valence-electron chi connectivity index (χ1n) is 6.47. The quantitative estimate of drug-likeness (QED) is 0.924. The van der Waals surface area contributed by atoms with E-state index >= 15 is 0 Å². The minimum absolute atomic E-state index is 0.0989. The highest BCUT2D eigenvalue weighted by Gasteiger charge is 2.09. The number of nitrogens with one attached hydrogen (secondary N) is 1. The fourth-order valence-electron chi connectivity index (χ4n) is 2.02. The summed E-state index contributed by atoms with van der Waals surface area (Å²) >= 11 is 0. The number of benzene rings is 1. The predicted molar refractivity (Wildman–Crippen MR) is 76.9 cm³/mol.